The Morgan fingerprint density at radius 3 is 2.40 bits per heavy atom. The second-order valence-corrected chi connectivity index (χ2v) is 6.70. The first-order valence-corrected chi connectivity index (χ1v) is 8.63. The van der Waals surface area contributed by atoms with Crippen LogP contribution in [-0.4, -0.2) is 77.3 Å². The number of benzene rings is 1. The molecule has 2 saturated heterocycles. The third-order valence-corrected chi connectivity index (χ3v) is 5.04. The fourth-order valence-electron chi connectivity index (χ4n) is 3.69. The van der Waals surface area contributed by atoms with Gasteiger partial charge < -0.3 is 19.8 Å². The van der Waals surface area contributed by atoms with Crippen molar-refractivity contribution in [3.05, 3.63) is 29.3 Å². The molecule has 0 unspecified atom stereocenters. The second-order valence-electron chi connectivity index (χ2n) is 6.70. The molecule has 2 aliphatic heterocycles. The summed E-state index contributed by atoms with van der Waals surface area (Å²) in [5.74, 6) is -1.06. The number of hydrogen-bond acceptors (Lipinski definition) is 5. The normalized spacial score (nSPS) is 24.3. The number of nitrogens with zero attached hydrogens (tertiary/aromatic N) is 2. The molecule has 1 amide bonds. The highest BCUT2D eigenvalue weighted by Crippen LogP contribution is 2.24. The van der Waals surface area contributed by atoms with Gasteiger partial charge in [-0.2, -0.15) is 0 Å². The summed E-state index contributed by atoms with van der Waals surface area (Å²) in [4.78, 5) is 27.9. The van der Waals surface area contributed by atoms with Crippen LogP contribution in [-0.2, 0) is 0 Å². The van der Waals surface area contributed by atoms with E-state index < -0.39 is 12.1 Å². The van der Waals surface area contributed by atoms with Crippen LogP contribution in [0, 0.1) is 0 Å². The highest BCUT2D eigenvalue weighted by molar-refractivity contribution is 5.98. The summed E-state index contributed by atoms with van der Waals surface area (Å²) in [5.41, 5.74) is 0.276. The summed E-state index contributed by atoms with van der Waals surface area (Å²) in [7, 11) is 1.43. The first kappa shape index (κ1) is 17.7. The first-order valence-electron chi connectivity index (χ1n) is 8.63. The smallest absolute Gasteiger partial charge is 0.335 e. The molecule has 2 heterocycles. The maximum Gasteiger partial charge on any atom is 0.335 e. The second kappa shape index (κ2) is 7.41. The minimum atomic E-state index is -1.11. The monoisotopic (exact) mass is 348 g/mol. The molecule has 1 aromatic carbocycles. The summed E-state index contributed by atoms with van der Waals surface area (Å²) in [5, 5.41) is 19.6. The largest absolute Gasteiger partial charge is 0.497 e. The van der Waals surface area contributed by atoms with Gasteiger partial charge in [0, 0.05) is 18.7 Å². The molecule has 0 saturated carbocycles. The van der Waals surface area contributed by atoms with E-state index in [0.717, 1.165) is 25.9 Å². The van der Waals surface area contributed by atoms with Crippen LogP contribution in [0.4, 0.5) is 0 Å². The van der Waals surface area contributed by atoms with Gasteiger partial charge in [-0.25, -0.2) is 4.79 Å². The molecule has 2 atom stereocenters. The van der Waals surface area contributed by atoms with Crippen molar-refractivity contribution in [3.63, 3.8) is 0 Å². The van der Waals surface area contributed by atoms with Crippen LogP contribution in [0.15, 0.2) is 18.2 Å². The van der Waals surface area contributed by atoms with Crippen molar-refractivity contribution in [2.24, 2.45) is 0 Å². The number of ether oxygens (including phenoxy) is 1. The quantitative estimate of drug-likeness (QED) is 0.846. The van der Waals surface area contributed by atoms with Gasteiger partial charge in [0.15, 0.2) is 0 Å². The lowest BCUT2D eigenvalue weighted by molar-refractivity contribution is 0.0694. The van der Waals surface area contributed by atoms with Crippen LogP contribution >= 0.6 is 0 Å². The Morgan fingerprint density at radius 1 is 1.08 bits per heavy atom. The zero-order chi connectivity index (χ0) is 18.0. The lowest BCUT2D eigenvalue weighted by atomic mass is 10.1. The van der Waals surface area contributed by atoms with E-state index in [-0.39, 0.29) is 29.6 Å². The van der Waals surface area contributed by atoms with Crippen molar-refractivity contribution in [1.29, 1.82) is 0 Å². The molecule has 0 aliphatic carbocycles. The Balaban J connectivity index is 1.77. The summed E-state index contributed by atoms with van der Waals surface area (Å²) < 4.78 is 5.10. The molecule has 0 radical (unpaired) electrons. The predicted molar refractivity (Wildman–Crippen MR) is 91.1 cm³/mol. The molecule has 2 N–H and O–H groups in total. The maximum atomic E-state index is 12.8. The minimum absolute atomic E-state index is 0.00928. The Kier molecular flexibility index (Phi) is 5.24. The zero-order valence-electron chi connectivity index (χ0n) is 14.4. The lowest BCUT2D eigenvalue weighted by Gasteiger charge is -2.33. The van der Waals surface area contributed by atoms with Gasteiger partial charge in [0.2, 0.25) is 0 Å². The molecular weight excluding hydrogens is 324 g/mol. The molecule has 2 aliphatic rings. The fourth-order valence-corrected chi connectivity index (χ4v) is 3.69. The van der Waals surface area contributed by atoms with Gasteiger partial charge in [0.1, 0.15) is 5.75 Å². The number of aromatic carboxylic acids is 1. The van der Waals surface area contributed by atoms with Crippen LogP contribution in [0.1, 0.15) is 40.0 Å². The van der Waals surface area contributed by atoms with Crippen LogP contribution in [0.2, 0.25) is 0 Å². The maximum absolute atomic E-state index is 12.8. The van der Waals surface area contributed by atoms with Gasteiger partial charge >= 0.3 is 5.97 Å². The fraction of sp³-hybridized carbons (Fsp3) is 0.556. The minimum Gasteiger partial charge on any atom is -0.497 e. The van der Waals surface area contributed by atoms with E-state index >= 15 is 0 Å². The average molecular weight is 348 g/mol. The SMILES string of the molecule is COc1cc(C(=O)O)cc(C(=O)N2C[C@H](O)[C@@H](N3CCCCC3)C2)c1. The Labute approximate surface area is 146 Å². The van der Waals surface area contributed by atoms with Crippen molar-refractivity contribution in [2.45, 2.75) is 31.4 Å². The number of aliphatic hydroxyl groups excluding tert-OH is 1. The number of carboxylic acids is 1. The summed E-state index contributed by atoms with van der Waals surface area (Å²) >= 11 is 0. The molecule has 0 aromatic heterocycles. The molecule has 0 bridgehead atoms. The summed E-state index contributed by atoms with van der Waals surface area (Å²) in [6, 6.07) is 4.23. The molecule has 1 aromatic rings. The Bertz CT molecular complexity index is 657. The first-order chi connectivity index (χ1) is 12.0. The molecule has 0 spiro atoms. The third kappa shape index (κ3) is 3.77. The van der Waals surface area contributed by atoms with Gasteiger partial charge in [-0.15, -0.1) is 0 Å². The lowest BCUT2D eigenvalue weighted by Crippen LogP contribution is -2.46. The molecule has 7 heteroatoms. The van der Waals surface area contributed by atoms with Gasteiger partial charge in [-0.3, -0.25) is 9.69 Å². The Hall–Kier alpha value is -2.12. The molecule has 25 heavy (non-hydrogen) atoms. The van der Waals surface area contributed by atoms with Crippen LogP contribution in [0.3, 0.4) is 0 Å². The molecule has 2 fully saturated rings. The van der Waals surface area contributed by atoms with Crippen LogP contribution in [0.5, 0.6) is 5.75 Å². The van der Waals surface area contributed by atoms with Crippen molar-refractivity contribution in [3.8, 4) is 5.75 Å². The molecular formula is C18H24N2O5. The van der Waals surface area contributed by atoms with Crippen molar-refractivity contribution < 1.29 is 24.5 Å². The number of amides is 1. The van der Waals surface area contributed by atoms with Crippen LogP contribution in [0.25, 0.3) is 0 Å². The number of rotatable bonds is 4. The predicted octanol–water partition coefficient (Wildman–Crippen LogP) is 1.06. The number of likely N-dealkylation sites (tertiary alicyclic amines) is 2. The number of β-amino-alcohol motifs (C(OH)–C–C–N with tert-alkyl or cyclic N) is 1. The zero-order valence-corrected chi connectivity index (χ0v) is 14.4. The van der Waals surface area contributed by atoms with Gasteiger partial charge in [0.25, 0.3) is 5.91 Å². The van der Waals surface area contributed by atoms with Crippen molar-refractivity contribution >= 4 is 11.9 Å². The van der Waals surface area contributed by atoms with E-state index in [2.05, 4.69) is 4.90 Å². The number of piperidine rings is 1. The molecule has 3 rings (SSSR count). The van der Waals surface area contributed by atoms with E-state index in [4.69, 9.17) is 4.74 Å². The van der Waals surface area contributed by atoms with E-state index in [1.54, 1.807) is 4.90 Å². The van der Waals surface area contributed by atoms with Gasteiger partial charge in [-0.05, 0) is 44.1 Å². The molecule has 136 valence electrons. The highest BCUT2D eigenvalue weighted by atomic mass is 16.5. The number of carboxylic acid groups (broad SMARTS) is 1. The van der Waals surface area contributed by atoms with Crippen molar-refractivity contribution in [2.75, 3.05) is 33.3 Å². The van der Waals surface area contributed by atoms with Crippen molar-refractivity contribution in [1.82, 2.24) is 9.80 Å². The summed E-state index contributed by atoms with van der Waals surface area (Å²) in [6.07, 6.45) is 2.87. The molecule has 7 nitrogen and oxygen atoms in total. The number of hydrogen-bond donors (Lipinski definition) is 2. The number of carbonyl (C=O) groups excluding carboxylic acids is 1. The van der Waals surface area contributed by atoms with Crippen LogP contribution < -0.4 is 4.74 Å². The highest BCUT2D eigenvalue weighted by Gasteiger charge is 2.38. The number of methoxy groups -OCH3 is 1. The number of carbonyl (C=O) groups is 2. The standard InChI is InChI=1S/C18H24N2O5/c1-25-14-8-12(7-13(9-14)18(23)24)17(22)20-10-15(16(21)11-20)19-5-3-2-4-6-19/h7-9,15-16,21H,2-6,10-11H2,1H3,(H,23,24)/t15-,16-/m0/s1. The van der Waals surface area contributed by atoms with Gasteiger partial charge in [0.05, 0.1) is 24.8 Å². The van der Waals surface area contributed by atoms with E-state index in [0.29, 0.717) is 12.3 Å². The summed E-state index contributed by atoms with van der Waals surface area (Å²) in [6.45, 7) is 2.62. The van der Waals surface area contributed by atoms with E-state index in [1.165, 1.54) is 31.7 Å². The third-order valence-electron chi connectivity index (χ3n) is 5.04. The van der Waals surface area contributed by atoms with Gasteiger partial charge in [-0.1, -0.05) is 6.42 Å². The van der Waals surface area contributed by atoms with E-state index in [9.17, 15) is 19.8 Å². The van der Waals surface area contributed by atoms with E-state index in [1.807, 2.05) is 0 Å². The number of aliphatic hydroxyl groups is 1. The average Bonchev–Trinajstić information content (AvgIpc) is 3.03. The topological polar surface area (TPSA) is 90.3 Å². The Morgan fingerprint density at radius 2 is 1.76 bits per heavy atom.